The van der Waals surface area contributed by atoms with Gasteiger partial charge >= 0.3 is 18.4 Å². The fourth-order valence-electron chi connectivity index (χ4n) is 1.93. The minimum atomic E-state index is -4.73. The molecule has 0 spiro atoms. The Labute approximate surface area is 152 Å². The maximum atomic E-state index is 12.8. The molecule has 0 aromatic heterocycles. The van der Waals surface area contributed by atoms with Gasteiger partial charge in [-0.1, -0.05) is 23.2 Å². The summed E-state index contributed by atoms with van der Waals surface area (Å²) in [5.41, 5.74) is -2.82. The van der Waals surface area contributed by atoms with Gasteiger partial charge in [-0.2, -0.15) is 26.3 Å². The third-order valence-electron chi connectivity index (χ3n) is 3.06. The van der Waals surface area contributed by atoms with Gasteiger partial charge < -0.3 is 10.6 Å². The van der Waals surface area contributed by atoms with E-state index in [4.69, 9.17) is 23.2 Å². The monoisotopic (exact) mass is 416 g/mol. The second kappa shape index (κ2) is 7.24. The highest BCUT2D eigenvalue weighted by Crippen LogP contribution is 2.37. The van der Waals surface area contributed by atoms with Crippen LogP contribution in [0.15, 0.2) is 36.4 Å². The van der Waals surface area contributed by atoms with E-state index in [1.54, 1.807) is 0 Å². The van der Waals surface area contributed by atoms with Crippen LogP contribution in [0.1, 0.15) is 11.1 Å². The van der Waals surface area contributed by atoms with Gasteiger partial charge in [0.15, 0.2) is 0 Å². The van der Waals surface area contributed by atoms with Crippen molar-refractivity contribution >= 4 is 40.6 Å². The number of anilines is 2. The smallest absolute Gasteiger partial charge is 0.308 e. The number of nitrogens with one attached hydrogen (secondary N) is 2. The largest absolute Gasteiger partial charge is 0.417 e. The van der Waals surface area contributed by atoms with E-state index < -0.39 is 39.6 Å². The maximum Gasteiger partial charge on any atom is 0.417 e. The van der Waals surface area contributed by atoms with Gasteiger partial charge in [0, 0.05) is 11.4 Å². The van der Waals surface area contributed by atoms with Crippen molar-refractivity contribution in [3.05, 3.63) is 57.6 Å². The number of halogens is 8. The molecule has 2 aromatic rings. The zero-order chi connectivity index (χ0) is 19.7. The molecule has 2 aromatic carbocycles. The molecule has 0 radical (unpaired) electrons. The molecule has 2 N–H and O–H groups in total. The van der Waals surface area contributed by atoms with Crippen molar-refractivity contribution in [3.63, 3.8) is 0 Å². The fourth-order valence-corrected chi connectivity index (χ4v) is 2.38. The third-order valence-corrected chi connectivity index (χ3v) is 3.72. The van der Waals surface area contributed by atoms with Gasteiger partial charge in [0.05, 0.1) is 21.2 Å². The van der Waals surface area contributed by atoms with Gasteiger partial charge in [-0.05, 0) is 36.4 Å². The van der Waals surface area contributed by atoms with E-state index in [-0.39, 0.29) is 11.4 Å². The van der Waals surface area contributed by atoms with Crippen LogP contribution in [0, 0.1) is 0 Å². The van der Waals surface area contributed by atoms with E-state index in [9.17, 15) is 31.1 Å². The number of hydrogen-bond donors (Lipinski definition) is 2. The first-order chi connectivity index (χ1) is 11.9. The molecule has 0 bridgehead atoms. The molecule has 26 heavy (non-hydrogen) atoms. The van der Waals surface area contributed by atoms with Crippen molar-refractivity contribution in [2.75, 3.05) is 10.6 Å². The lowest BCUT2D eigenvalue weighted by atomic mass is 10.2. The Morgan fingerprint density at radius 2 is 1.08 bits per heavy atom. The summed E-state index contributed by atoms with van der Waals surface area (Å²) in [6.07, 6.45) is -9.47. The van der Waals surface area contributed by atoms with Crippen molar-refractivity contribution in [2.45, 2.75) is 12.4 Å². The van der Waals surface area contributed by atoms with Crippen LogP contribution in [0.2, 0.25) is 10.0 Å². The van der Waals surface area contributed by atoms with Gasteiger partial charge in [0.25, 0.3) is 0 Å². The minimum absolute atomic E-state index is 0.246. The summed E-state index contributed by atoms with van der Waals surface area (Å²) in [6, 6.07) is 4.25. The highest BCUT2D eigenvalue weighted by molar-refractivity contribution is 6.32. The van der Waals surface area contributed by atoms with Crippen LogP contribution in [0.4, 0.5) is 42.5 Å². The molecule has 0 aliphatic heterocycles. The lowest BCUT2D eigenvalue weighted by Crippen LogP contribution is -2.20. The second-order valence-electron chi connectivity index (χ2n) is 4.96. The van der Waals surface area contributed by atoms with Crippen molar-refractivity contribution in [1.82, 2.24) is 0 Å². The number of hydrogen-bond acceptors (Lipinski definition) is 1. The quantitative estimate of drug-likeness (QED) is 0.527. The number of carbonyl (C=O) groups is 1. The number of alkyl halides is 6. The first kappa shape index (κ1) is 20.2. The summed E-state index contributed by atoms with van der Waals surface area (Å²) < 4.78 is 76.7. The Balaban J connectivity index is 2.18. The van der Waals surface area contributed by atoms with Crippen LogP contribution in [0.3, 0.4) is 0 Å². The topological polar surface area (TPSA) is 41.1 Å². The van der Waals surface area contributed by atoms with Crippen molar-refractivity contribution in [3.8, 4) is 0 Å². The van der Waals surface area contributed by atoms with Gasteiger partial charge in [0.2, 0.25) is 0 Å². The van der Waals surface area contributed by atoms with Crippen LogP contribution < -0.4 is 10.6 Å². The molecule has 0 fully saturated rings. The molecule has 0 saturated carbocycles. The Morgan fingerprint density at radius 1 is 0.731 bits per heavy atom. The van der Waals surface area contributed by atoms with E-state index in [2.05, 4.69) is 10.6 Å². The van der Waals surface area contributed by atoms with Crippen molar-refractivity contribution in [1.29, 1.82) is 0 Å². The number of benzene rings is 2. The minimum Gasteiger partial charge on any atom is -0.308 e. The van der Waals surface area contributed by atoms with Crippen LogP contribution in [-0.2, 0) is 12.4 Å². The number of rotatable bonds is 2. The summed E-state index contributed by atoms with van der Waals surface area (Å²) in [7, 11) is 0. The molecule has 2 rings (SSSR count). The highest BCUT2D eigenvalue weighted by atomic mass is 35.5. The Morgan fingerprint density at radius 3 is 1.38 bits per heavy atom. The number of carbonyl (C=O) groups excluding carboxylic acids is 1. The number of urea groups is 1. The van der Waals surface area contributed by atoms with Gasteiger partial charge in [-0.15, -0.1) is 0 Å². The van der Waals surface area contributed by atoms with Crippen LogP contribution in [0.5, 0.6) is 0 Å². The second-order valence-corrected chi connectivity index (χ2v) is 5.78. The van der Waals surface area contributed by atoms with E-state index in [0.29, 0.717) is 12.1 Å². The van der Waals surface area contributed by atoms with Crippen LogP contribution in [-0.4, -0.2) is 6.03 Å². The average Bonchev–Trinajstić information content (AvgIpc) is 2.49. The lowest BCUT2D eigenvalue weighted by molar-refractivity contribution is -0.138. The van der Waals surface area contributed by atoms with Gasteiger partial charge in [-0.25, -0.2) is 4.79 Å². The zero-order valence-electron chi connectivity index (χ0n) is 12.4. The Bertz CT molecular complexity index is 768. The molecule has 140 valence electrons. The standard InChI is InChI=1S/C15H8Cl2F6N2O/c16-11-3-1-7(5-9(11)14(18,19)20)24-13(26)25-8-2-4-12(17)10(6-8)15(21,22)23/h1-6H,(H2,24,25,26). The van der Waals surface area contributed by atoms with E-state index >= 15 is 0 Å². The van der Waals surface area contributed by atoms with Crippen molar-refractivity contribution < 1.29 is 31.1 Å². The van der Waals surface area contributed by atoms with Crippen molar-refractivity contribution in [2.24, 2.45) is 0 Å². The summed E-state index contributed by atoms with van der Waals surface area (Å²) in [4.78, 5) is 11.8. The SMILES string of the molecule is O=C(Nc1ccc(Cl)c(C(F)(F)F)c1)Nc1ccc(Cl)c(C(F)(F)F)c1. The molecule has 0 atom stereocenters. The highest BCUT2D eigenvalue weighted by Gasteiger charge is 2.34. The van der Waals surface area contributed by atoms with Gasteiger partial charge in [-0.3, -0.25) is 0 Å². The predicted octanol–water partition coefficient (Wildman–Crippen LogP) is 6.68. The zero-order valence-corrected chi connectivity index (χ0v) is 13.9. The summed E-state index contributed by atoms with van der Waals surface area (Å²) in [5.74, 6) is 0. The summed E-state index contributed by atoms with van der Waals surface area (Å²) >= 11 is 10.9. The molecule has 0 saturated heterocycles. The first-order valence-corrected chi connectivity index (χ1v) is 7.45. The average molecular weight is 417 g/mol. The molecule has 0 unspecified atom stereocenters. The molecule has 0 aliphatic carbocycles. The lowest BCUT2D eigenvalue weighted by Gasteiger charge is -2.14. The van der Waals surface area contributed by atoms with Crippen LogP contribution in [0.25, 0.3) is 0 Å². The summed E-state index contributed by atoms with van der Waals surface area (Å²) in [6.45, 7) is 0. The molecule has 2 amide bonds. The maximum absolute atomic E-state index is 12.8. The van der Waals surface area contributed by atoms with E-state index in [1.807, 2.05) is 0 Å². The molecule has 0 heterocycles. The fraction of sp³-hybridized carbons (Fsp3) is 0.133. The normalized spacial score (nSPS) is 12.0. The molecule has 11 heteroatoms. The molecular weight excluding hydrogens is 409 g/mol. The van der Waals surface area contributed by atoms with E-state index in [0.717, 1.165) is 24.3 Å². The van der Waals surface area contributed by atoms with E-state index in [1.165, 1.54) is 0 Å². The Hall–Kier alpha value is -2.13. The predicted molar refractivity (Wildman–Crippen MR) is 85.5 cm³/mol. The first-order valence-electron chi connectivity index (χ1n) is 6.69. The Kier molecular flexibility index (Phi) is 5.62. The molecule has 0 aliphatic rings. The molecular formula is C15H8Cl2F6N2O. The van der Waals surface area contributed by atoms with Crippen LogP contribution >= 0.6 is 23.2 Å². The molecule has 3 nitrogen and oxygen atoms in total. The third kappa shape index (κ3) is 4.95. The number of amides is 2. The van der Waals surface area contributed by atoms with Gasteiger partial charge in [0.1, 0.15) is 0 Å². The summed E-state index contributed by atoms with van der Waals surface area (Å²) in [5, 5.41) is 3.04.